The average Bonchev–Trinajstić information content (AvgIpc) is 2.54. The molecule has 0 aromatic heterocycles. The summed E-state index contributed by atoms with van der Waals surface area (Å²) >= 11 is 0. The molecule has 23 heavy (non-hydrogen) atoms. The van der Waals surface area contributed by atoms with Crippen molar-refractivity contribution in [3.05, 3.63) is 60.7 Å². The van der Waals surface area contributed by atoms with Gasteiger partial charge in [-0.25, -0.2) is 13.6 Å². The van der Waals surface area contributed by atoms with Gasteiger partial charge in [0.05, 0.1) is 16.3 Å². The number of benzene rings is 3. The molecule has 0 saturated heterocycles. The Kier molecular flexibility index (Phi) is 3.81. The first-order valence-electron chi connectivity index (χ1n) is 6.70. The Bertz CT molecular complexity index is 1010. The zero-order valence-corrected chi connectivity index (χ0v) is 12.7. The third-order valence-corrected chi connectivity index (χ3v) is 4.21. The Morgan fingerprint density at radius 1 is 0.870 bits per heavy atom. The normalized spacial score (nSPS) is 12.0. The Hall–Kier alpha value is -2.77. The van der Waals surface area contributed by atoms with Gasteiger partial charge in [0.15, 0.2) is 0 Å². The molecule has 0 unspecified atom stereocenters. The van der Waals surface area contributed by atoms with Crippen LogP contribution in [-0.4, -0.2) is 13.5 Å². The minimum atomic E-state index is -3.78. The quantitative estimate of drug-likeness (QED) is 0.718. The summed E-state index contributed by atoms with van der Waals surface area (Å²) in [6, 6.07) is 16.4. The van der Waals surface area contributed by atoms with Gasteiger partial charge in [0.25, 0.3) is 0 Å². The van der Waals surface area contributed by atoms with Crippen LogP contribution in [0.3, 0.4) is 0 Å². The van der Waals surface area contributed by atoms with Crippen molar-refractivity contribution >= 4 is 32.2 Å². The number of azo groups is 1. The maximum atomic E-state index is 11.3. The van der Waals surface area contributed by atoms with Crippen LogP contribution in [0.4, 0.5) is 11.4 Å². The van der Waals surface area contributed by atoms with E-state index < -0.39 is 10.0 Å². The molecule has 3 aromatic rings. The van der Waals surface area contributed by atoms with Crippen molar-refractivity contribution in [2.24, 2.45) is 15.4 Å². The van der Waals surface area contributed by atoms with E-state index in [1.807, 2.05) is 18.2 Å². The zero-order chi connectivity index (χ0) is 16.4. The molecule has 3 N–H and O–H groups in total. The second-order valence-electron chi connectivity index (χ2n) is 4.89. The number of rotatable bonds is 3. The largest absolute Gasteiger partial charge is 0.507 e. The first-order chi connectivity index (χ1) is 10.9. The van der Waals surface area contributed by atoms with Gasteiger partial charge in [-0.05, 0) is 30.3 Å². The van der Waals surface area contributed by atoms with E-state index in [2.05, 4.69) is 10.2 Å². The minimum absolute atomic E-state index is 0.0236. The van der Waals surface area contributed by atoms with Crippen LogP contribution in [0.15, 0.2) is 75.8 Å². The number of hydrogen-bond donors (Lipinski definition) is 2. The molecule has 0 atom stereocenters. The summed E-state index contributed by atoms with van der Waals surface area (Å²) in [4.78, 5) is -0.0236. The van der Waals surface area contributed by atoms with Crippen molar-refractivity contribution in [1.82, 2.24) is 0 Å². The monoisotopic (exact) mass is 327 g/mol. The standard InChI is InChI=1S/C16H13N3O3S/c17-23(21,22)12-5-3-4-11(10-12)18-19-15-8-9-16(20)14-7-2-1-6-13(14)15/h1-10,20H,(H2,17,21,22). The van der Waals surface area contributed by atoms with Gasteiger partial charge in [0, 0.05) is 10.8 Å². The first-order valence-corrected chi connectivity index (χ1v) is 8.25. The second-order valence-corrected chi connectivity index (χ2v) is 6.45. The van der Waals surface area contributed by atoms with Gasteiger partial charge in [0.1, 0.15) is 5.75 Å². The Morgan fingerprint density at radius 2 is 1.61 bits per heavy atom. The van der Waals surface area contributed by atoms with Crippen LogP contribution >= 0.6 is 0 Å². The molecule has 0 saturated carbocycles. The van der Waals surface area contributed by atoms with Crippen LogP contribution in [0.25, 0.3) is 10.8 Å². The number of aromatic hydroxyl groups is 1. The molecule has 0 bridgehead atoms. The van der Waals surface area contributed by atoms with Gasteiger partial charge >= 0.3 is 0 Å². The smallest absolute Gasteiger partial charge is 0.238 e. The van der Waals surface area contributed by atoms with Crippen molar-refractivity contribution in [3.8, 4) is 5.75 Å². The van der Waals surface area contributed by atoms with E-state index in [0.29, 0.717) is 16.8 Å². The summed E-state index contributed by atoms with van der Waals surface area (Å²) in [5.74, 6) is 0.163. The van der Waals surface area contributed by atoms with E-state index in [9.17, 15) is 13.5 Å². The lowest BCUT2D eigenvalue weighted by Crippen LogP contribution is -2.11. The fourth-order valence-corrected chi connectivity index (χ4v) is 2.74. The van der Waals surface area contributed by atoms with Crippen LogP contribution in [0.1, 0.15) is 0 Å². The highest BCUT2D eigenvalue weighted by Gasteiger charge is 2.08. The highest BCUT2D eigenvalue weighted by Crippen LogP contribution is 2.33. The summed E-state index contributed by atoms with van der Waals surface area (Å²) in [6.45, 7) is 0. The fourth-order valence-electron chi connectivity index (χ4n) is 2.19. The van der Waals surface area contributed by atoms with Crippen LogP contribution in [0.5, 0.6) is 5.75 Å². The number of nitrogens with two attached hydrogens (primary N) is 1. The molecule has 116 valence electrons. The predicted molar refractivity (Wildman–Crippen MR) is 87.6 cm³/mol. The van der Waals surface area contributed by atoms with Crippen molar-refractivity contribution in [2.75, 3.05) is 0 Å². The number of fused-ring (bicyclic) bond motifs is 1. The first kappa shape index (κ1) is 15.1. The molecule has 7 heteroatoms. The van der Waals surface area contributed by atoms with E-state index in [-0.39, 0.29) is 10.6 Å². The van der Waals surface area contributed by atoms with E-state index in [1.54, 1.807) is 24.3 Å². The average molecular weight is 327 g/mol. The number of phenols is 1. The molecular formula is C16H13N3O3S. The third kappa shape index (κ3) is 3.20. The van der Waals surface area contributed by atoms with Crippen LogP contribution < -0.4 is 5.14 Å². The minimum Gasteiger partial charge on any atom is -0.507 e. The van der Waals surface area contributed by atoms with Crippen molar-refractivity contribution in [1.29, 1.82) is 0 Å². The summed E-state index contributed by atoms with van der Waals surface area (Å²) in [6.07, 6.45) is 0. The molecule has 0 heterocycles. The van der Waals surface area contributed by atoms with E-state index in [1.165, 1.54) is 18.2 Å². The van der Waals surface area contributed by atoms with Gasteiger partial charge in [0.2, 0.25) is 10.0 Å². The lowest BCUT2D eigenvalue weighted by molar-refractivity contribution is 0.481. The van der Waals surface area contributed by atoms with Crippen LogP contribution in [-0.2, 0) is 10.0 Å². The molecule has 0 aliphatic heterocycles. The van der Waals surface area contributed by atoms with Gasteiger partial charge in [-0.1, -0.05) is 30.3 Å². The summed E-state index contributed by atoms with van der Waals surface area (Å²) in [5.41, 5.74) is 0.938. The number of hydrogen-bond acceptors (Lipinski definition) is 5. The van der Waals surface area contributed by atoms with Crippen LogP contribution in [0, 0.1) is 0 Å². The lowest BCUT2D eigenvalue weighted by Gasteiger charge is -2.03. The topological polar surface area (TPSA) is 105 Å². The molecule has 0 radical (unpaired) electrons. The number of phenolic OH excluding ortho intramolecular Hbond substituents is 1. The second kappa shape index (κ2) is 5.79. The molecule has 3 rings (SSSR count). The maximum absolute atomic E-state index is 11.3. The van der Waals surface area contributed by atoms with Gasteiger partial charge in [-0.15, -0.1) is 5.11 Å². The maximum Gasteiger partial charge on any atom is 0.238 e. The number of primary sulfonamides is 1. The molecule has 0 aliphatic carbocycles. The molecular weight excluding hydrogens is 314 g/mol. The van der Waals surface area contributed by atoms with Crippen LogP contribution in [0.2, 0.25) is 0 Å². The molecule has 0 fully saturated rings. The van der Waals surface area contributed by atoms with Gasteiger partial charge < -0.3 is 5.11 Å². The highest BCUT2D eigenvalue weighted by atomic mass is 32.2. The van der Waals surface area contributed by atoms with Gasteiger partial charge in [-0.3, -0.25) is 0 Å². The molecule has 6 nitrogen and oxygen atoms in total. The zero-order valence-electron chi connectivity index (χ0n) is 11.9. The van der Waals surface area contributed by atoms with Crippen molar-refractivity contribution in [2.45, 2.75) is 4.90 Å². The third-order valence-electron chi connectivity index (χ3n) is 3.30. The SMILES string of the molecule is NS(=O)(=O)c1cccc(N=Nc2ccc(O)c3ccccc23)c1. The van der Waals surface area contributed by atoms with E-state index >= 15 is 0 Å². The fraction of sp³-hybridized carbons (Fsp3) is 0. The Morgan fingerprint density at radius 3 is 2.35 bits per heavy atom. The lowest BCUT2D eigenvalue weighted by atomic mass is 10.1. The predicted octanol–water partition coefficient (Wildman–Crippen LogP) is 3.61. The molecule has 0 spiro atoms. The van der Waals surface area contributed by atoms with Gasteiger partial charge in [-0.2, -0.15) is 5.11 Å². The summed E-state index contributed by atoms with van der Waals surface area (Å²) in [7, 11) is -3.78. The number of nitrogens with zero attached hydrogens (tertiary/aromatic N) is 2. The summed E-state index contributed by atoms with van der Waals surface area (Å²) < 4.78 is 22.7. The molecule has 3 aromatic carbocycles. The number of sulfonamides is 1. The summed E-state index contributed by atoms with van der Waals surface area (Å²) in [5, 5.41) is 24.6. The van der Waals surface area contributed by atoms with E-state index in [4.69, 9.17) is 5.14 Å². The Labute approximate surface area is 133 Å². The van der Waals surface area contributed by atoms with Crippen molar-refractivity contribution in [3.63, 3.8) is 0 Å². The van der Waals surface area contributed by atoms with E-state index in [0.717, 1.165) is 5.39 Å². The van der Waals surface area contributed by atoms with Crippen molar-refractivity contribution < 1.29 is 13.5 Å². The molecule has 0 aliphatic rings. The highest BCUT2D eigenvalue weighted by molar-refractivity contribution is 7.89. The molecule has 0 amide bonds. The Balaban J connectivity index is 2.03.